The van der Waals surface area contributed by atoms with Gasteiger partial charge in [0.05, 0.1) is 6.42 Å². The lowest BCUT2D eigenvalue weighted by Crippen LogP contribution is -2.16. The third-order valence-electron chi connectivity index (χ3n) is 3.35. The maximum Gasteiger partial charge on any atom is 0.228 e. The fourth-order valence-electron chi connectivity index (χ4n) is 2.21. The largest absolute Gasteiger partial charge is 0.399 e. The molecule has 0 aromatic heterocycles. The Labute approximate surface area is 119 Å². The van der Waals surface area contributed by atoms with Crippen molar-refractivity contribution in [2.45, 2.75) is 26.7 Å². The number of anilines is 2. The first-order chi connectivity index (χ1) is 9.60. The molecule has 1 amide bonds. The van der Waals surface area contributed by atoms with Crippen LogP contribution in [0.1, 0.15) is 23.6 Å². The summed E-state index contributed by atoms with van der Waals surface area (Å²) in [7, 11) is 0. The summed E-state index contributed by atoms with van der Waals surface area (Å²) in [6, 6.07) is 13.5. The molecule has 3 nitrogen and oxygen atoms in total. The molecule has 0 bridgehead atoms. The van der Waals surface area contributed by atoms with Gasteiger partial charge in [0.1, 0.15) is 0 Å². The second-order valence-electron chi connectivity index (χ2n) is 4.93. The molecule has 0 atom stereocenters. The average molecular weight is 268 g/mol. The SMILES string of the molecule is CCc1cccc(C)c1NC(=O)Cc1ccc(N)cc1. The van der Waals surface area contributed by atoms with E-state index in [1.807, 2.05) is 49.4 Å². The molecule has 0 radical (unpaired) electrons. The van der Waals surface area contributed by atoms with Gasteiger partial charge in [-0.2, -0.15) is 0 Å². The van der Waals surface area contributed by atoms with Gasteiger partial charge in [-0.05, 0) is 42.2 Å². The van der Waals surface area contributed by atoms with E-state index in [0.717, 1.165) is 28.8 Å². The van der Waals surface area contributed by atoms with Crippen LogP contribution in [0.4, 0.5) is 11.4 Å². The standard InChI is InChI=1S/C17H20N2O/c1-3-14-6-4-5-12(2)17(14)19-16(20)11-13-7-9-15(18)10-8-13/h4-10H,3,11,18H2,1-2H3,(H,19,20). The molecule has 0 aliphatic rings. The van der Waals surface area contributed by atoms with Gasteiger partial charge < -0.3 is 11.1 Å². The van der Waals surface area contributed by atoms with Crippen molar-refractivity contribution in [1.29, 1.82) is 0 Å². The molecule has 104 valence electrons. The Kier molecular flexibility index (Phi) is 4.41. The van der Waals surface area contributed by atoms with Gasteiger partial charge in [-0.1, -0.05) is 37.3 Å². The fraction of sp³-hybridized carbons (Fsp3) is 0.235. The Balaban J connectivity index is 2.10. The molecule has 2 aromatic carbocycles. The van der Waals surface area contributed by atoms with E-state index in [1.165, 1.54) is 0 Å². The van der Waals surface area contributed by atoms with Crippen molar-refractivity contribution in [3.63, 3.8) is 0 Å². The molecule has 0 heterocycles. The van der Waals surface area contributed by atoms with Crippen LogP contribution < -0.4 is 11.1 Å². The highest BCUT2D eigenvalue weighted by Crippen LogP contribution is 2.21. The Hall–Kier alpha value is -2.29. The molecule has 0 aliphatic heterocycles. The van der Waals surface area contributed by atoms with Gasteiger partial charge in [0.25, 0.3) is 0 Å². The molecule has 3 heteroatoms. The van der Waals surface area contributed by atoms with Crippen LogP contribution in [0, 0.1) is 6.92 Å². The molecular formula is C17H20N2O. The zero-order chi connectivity index (χ0) is 14.5. The van der Waals surface area contributed by atoms with Gasteiger partial charge in [0.2, 0.25) is 5.91 Å². The number of hydrogen-bond donors (Lipinski definition) is 2. The van der Waals surface area contributed by atoms with E-state index in [2.05, 4.69) is 12.2 Å². The number of amides is 1. The van der Waals surface area contributed by atoms with Gasteiger partial charge in [-0.15, -0.1) is 0 Å². The molecule has 2 rings (SSSR count). The predicted octanol–water partition coefficient (Wildman–Crippen LogP) is 3.32. The van der Waals surface area contributed by atoms with Crippen molar-refractivity contribution in [2.24, 2.45) is 0 Å². The van der Waals surface area contributed by atoms with Gasteiger partial charge in [0.15, 0.2) is 0 Å². The van der Waals surface area contributed by atoms with Crippen LogP contribution in [-0.4, -0.2) is 5.91 Å². The van der Waals surface area contributed by atoms with Crippen LogP contribution in [0.25, 0.3) is 0 Å². The maximum absolute atomic E-state index is 12.1. The van der Waals surface area contributed by atoms with Crippen molar-refractivity contribution in [2.75, 3.05) is 11.1 Å². The maximum atomic E-state index is 12.1. The lowest BCUT2D eigenvalue weighted by Gasteiger charge is -2.13. The van der Waals surface area contributed by atoms with Crippen LogP contribution in [-0.2, 0) is 17.6 Å². The van der Waals surface area contributed by atoms with E-state index in [1.54, 1.807) is 0 Å². The zero-order valence-corrected chi connectivity index (χ0v) is 11.9. The Morgan fingerprint density at radius 2 is 1.85 bits per heavy atom. The number of para-hydroxylation sites is 1. The lowest BCUT2D eigenvalue weighted by atomic mass is 10.1. The minimum Gasteiger partial charge on any atom is -0.399 e. The minimum absolute atomic E-state index is 0.00114. The number of aryl methyl sites for hydroxylation is 2. The number of benzene rings is 2. The van der Waals surface area contributed by atoms with Crippen molar-refractivity contribution in [1.82, 2.24) is 0 Å². The summed E-state index contributed by atoms with van der Waals surface area (Å²) >= 11 is 0. The van der Waals surface area contributed by atoms with E-state index in [0.29, 0.717) is 12.1 Å². The summed E-state index contributed by atoms with van der Waals surface area (Å²) in [5.41, 5.74) is 10.5. The van der Waals surface area contributed by atoms with Gasteiger partial charge in [-0.25, -0.2) is 0 Å². The quantitative estimate of drug-likeness (QED) is 0.836. The fourth-order valence-corrected chi connectivity index (χ4v) is 2.21. The number of hydrogen-bond acceptors (Lipinski definition) is 2. The predicted molar refractivity (Wildman–Crippen MR) is 83.7 cm³/mol. The van der Waals surface area contributed by atoms with Crippen molar-refractivity contribution in [3.05, 3.63) is 59.2 Å². The number of nitrogen functional groups attached to an aromatic ring is 1. The van der Waals surface area contributed by atoms with E-state index < -0.39 is 0 Å². The first-order valence-corrected chi connectivity index (χ1v) is 6.83. The lowest BCUT2D eigenvalue weighted by molar-refractivity contribution is -0.115. The summed E-state index contributed by atoms with van der Waals surface area (Å²) in [6.45, 7) is 4.10. The molecule has 0 spiro atoms. The van der Waals surface area contributed by atoms with Crippen molar-refractivity contribution in [3.8, 4) is 0 Å². The molecule has 0 aliphatic carbocycles. The second-order valence-corrected chi connectivity index (χ2v) is 4.93. The van der Waals surface area contributed by atoms with E-state index in [-0.39, 0.29) is 5.91 Å². The minimum atomic E-state index is -0.00114. The number of carbonyl (C=O) groups excluding carboxylic acids is 1. The highest BCUT2D eigenvalue weighted by atomic mass is 16.1. The first kappa shape index (κ1) is 14.1. The van der Waals surface area contributed by atoms with E-state index in [9.17, 15) is 4.79 Å². The monoisotopic (exact) mass is 268 g/mol. The molecule has 2 aromatic rings. The number of rotatable bonds is 4. The molecule has 0 fully saturated rings. The second kappa shape index (κ2) is 6.24. The van der Waals surface area contributed by atoms with E-state index in [4.69, 9.17) is 5.73 Å². The molecule has 20 heavy (non-hydrogen) atoms. The van der Waals surface area contributed by atoms with Crippen molar-refractivity contribution >= 4 is 17.3 Å². The summed E-state index contributed by atoms with van der Waals surface area (Å²) in [5.74, 6) is -0.00114. The molecule has 0 unspecified atom stereocenters. The Morgan fingerprint density at radius 3 is 2.50 bits per heavy atom. The molecular weight excluding hydrogens is 248 g/mol. The number of nitrogens with two attached hydrogens (primary N) is 1. The van der Waals surface area contributed by atoms with Gasteiger partial charge in [0, 0.05) is 11.4 Å². The first-order valence-electron chi connectivity index (χ1n) is 6.83. The summed E-state index contributed by atoms with van der Waals surface area (Å²) in [4.78, 5) is 12.1. The van der Waals surface area contributed by atoms with E-state index >= 15 is 0 Å². The zero-order valence-electron chi connectivity index (χ0n) is 11.9. The normalized spacial score (nSPS) is 10.3. The number of nitrogens with one attached hydrogen (secondary N) is 1. The topological polar surface area (TPSA) is 55.1 Å². The van der Waals surface area contributed by atoms with Crippen LogP contribution >= 0.6 is 0 Å². The molecule has 3 N–H and O–H groups in total. The van der Waals surface area contributed by atoms with Crippen LogP contribution in [0.5, 0.6) is 0 Å². The Bertz CT molecular complexity index is 603. The summed E-state index contributed by atoms with van der Waals surface area (Å²) in [5, 5.41) is 3.02. The smallest absolute Gasteiger partial charge is 0.228 e. The number of carbonyl (C=O) groups is 1. The van der Waals surface area contributed by atoms with Crippen LogP contribution in [0.15, 0.2) is 42.5 Å². The van der Waals surface area contributed by atoms with Crippen LogP contribution in [0.2, 0.25) is 0 Å². The molecule has 0 saturated heterocycles. The summed E-state index contributed by atoms with van der Waals surface area (Å²) < 4.78 is 0. The highest BCUT2D eigenvalue weighted by Gasteiger charge is 2.09. The van der Waals surface area contributed by atoms with Crippen molar-refractivity contribution < 1.29 is 4.79 Å². The average Bonchev–Trinajstić information content (AvgIpc) is 2.43. The molecule has 0 saturated carbocycles. The highest BCUT2D eigenvalue weighted by molar-refractivity contribution is 5.93. The van der Waals surface area contributed by atoms with Crippen LogP contribution in [0.3, 0.4) is 0 Å². The van der Waals surface area contributed by atoms with Gasteiger partial charge >= 0.3 is 0 Å². The third-order valence-corrected chi connectivity index (χ3v) is 3.35. The summed E-state index contributed by atoms with van der Waals surface area (Å²) in [6.07, 6.45) is 1.26. The Morgan fingerprint density at radius 1 is 1.15 bits per heavy atom. The van der Waals surface area contributed by atoms with Gasteiger partial charge in [-0.3, -0.25) is 4.79 Å². The third kappa shape index (κ3) is 3.38.